The molecular formula is C15H27NO3S. The topological polar surface area (TPSA) is 46.6 Å². The highest BCUT2D eigenvalue weighted by molar-refractivity contribution is 7.93. The van der Waals surface area contributed by atoms with Crippen LogP contribution in [0.2, 0.25) is 0 Å². The lowest BCUT2D eigenvalue weighted by Crippen LogP contribution is -2.50. The van der Waals surface area contributed by atoms with E-state index < -0.39 is 15.6 Å². The first-order valence-electron chi connectivity index (χ1n) is 6.93. The molecule has 0 N–H and O–H groups in total. The highest BCUT2D eigenvalue weighted by Crippen LogP contribution is 2.23. The van der Waals surface area contributed by atoms with Gasteiger partial charge in [0.25, 0.3) is 0 Å². The summed E-state index contributed by atoms with van der Waals surface area (Å²) in [6, 6.07) is 0. The van der Waals surface area contributed by atoms with Crippen LogP contribution in [-0.2, 0) is 14.8 Å². The zero-order valence-corrected chi connectivity index (χ0v) is 14.0. The second kappa shape index (κ2) is 8.39. The van der Waals surface area contributed by atoms with Crippen LogP contribution in [0, 0.1) is 0 Å². The van der Waals surface area contributed by atoms with Crippen molar-refractivity contribution < 1.29 is 13.2 Å². The molecule has 0 saturated carbocycles. The lowest BCUT2D eigenvalue weighted by atomic mass is 10.1. The van der Waals surface area contributed by atoms with Gasteiger partial charge in [-0.2, -0.15) is 4.31 Å². The van der Waals surface area contributed by atoms with Crippen molar-refractivity contribution in [2.75, 3.05) is 19.7 Å². The Hall–Kier alpha value is -0.910. The van der Waals surface area contributed by atoms with Crippen LogP contribution in [0.25, 0.3) is 0 Å². The lowest BCUT2D eigenvalue weighted by Gasteiger charge is -2.37. The van der Waals surface area contributed by atoms with Gasteiger partial charge in [-0.15, -0.1) is 0 Å². The molecule has 1 aliphatic rings. The zero-order valence-electron chi connectivity index (χ0n) is 13.2. The molecule has 5 heteroatoms. The molecule has 0 aromatic heterocycles. The molecule has 1 rings (SSSR count). The summed E-state index contributed by atoms with van der Waals surface area (Å²) in [5.41, 5.74) is -0.444. The van der Waals surface area contributed by atoms with Gasteiger partial charge in [0.05, 0.1) is 17.1 Å². The normalized spacial score (nSPS) is 20.4. The predicted octanol–water partition coefficient (Wildman–Crippen LogP) is 3.10. The van der Waals surface area contributed by atoms with Gasteiger partial charge in [0.15, 0.2) is 0 Å². The molecule has 116 valence electrons. The number of nitrogens with zero attached hydrogens (tertiary/aromatic N) is 1. The monoisotopic (exact) mass is 301 g/mol. The number of morpholine rings is 1. The molecule has 0 bridgehead atoms. The average Bonchev–Trinajstić information content (AvgIpc) is 2.39. The van der Waals surface area contributed by atoms with Crippen molar-refractivity contribution in [2.24, 2.45) is 0 Å². The van der Waals surface area contributed by atoms with Crippen LogP contribution < -0.4 is 0 Å². The van der Waals surface area contributed by atoms with E-state index in [9.17, 15) is 8.42 Å². The van der Waals surface area contributed by atoms with Crippen LogP contribution in [0.1, 0.15) is 34.6 Å². The Bertz CT molecular complexity index is 462. The molecule has 4 nitrogen and oxygen atoms in total. The van der Waals surface area contributed by atoms with Crippen LogP contribution >= 0.6 is 0 Å². The van der Waals surface area contributed by atoms with Crippen LogP contribution in [0.3, 0.4) is 0 Å². The third-order valence-corrected chi connectivity index (χ3v) is 4.50. The number of rotatable bonds is 4. The summed E-state index contributed by atoms with van der Waals surface area (Å²) in [6.07, 6.45) is 6.29. The molecule has 1 fully saturated rings. The van der Waals surface area contributed by atoms with Gasteiger partial charge < -0.3 is 4.74 Å². The molecule has 0 spiro atoms. The standard InChI is InChI=1S/C13H21NO3S.C2H6/c1-5-7-12(8-6-2)18(15,16)14-9-10-17-13(3,4)11-14;1-2/h5-8H,1,9-11H2,2-4H3;1-2H3/b8-6-,12-7+;. The maximum absolute atomic E-state index is 12.5. The van der Waals surface area contributed by atoms with Crippen LogP contribution in [0.15, 0.2) is 35.8 Å². The van der Waals surface area contributed by atoms with E-state index in [0.29, 0.717) is 19.7 Å². The molecular weight excluding hydrogens is 274 g/mol. The molecule has 1 heterocycles. The highest BCUT2D eigenvalue weighted by Gasteiger charge is 2.35. The van der Waals surface area contributed by atoms with Gasteiger partial charge in [-0.05, 0) is 32.9 Å². The van der Waals surface area contributed by atoms with Gasteiger partial charge in [-0.3, -0.25) is 0 Å². The van der Waals surface area contributed by atoms with Gasteiger partial charge in [-0.25, -0.2) is 8.42 Å². The lowest BCUT2D eigenvalue weighted by molar-refractivity contribution is -0.0638. The van der Waals surface area contributed by atoms with Crippen molar-refractivity contribution in [1.82, 2.24) is 4.31 Å². The molecule has 1 aliphatic heterocycles. The number of allylic oxidation sites excluding steroid dienone is 4. The smallest absolute Gasteiger partial charge is 0.243 e. The molecule has 20 heavy (non-hydrogen) atoms. The van der Waals surface area contributed by atoms with Crippen molar-refractivity contribution >= 4 is 10.0 Å². The fourth-order valence-corrected chi connectivity index (χ4v) is 3.51. The second-order valence-corrected chi connectivity index (χ2v) is 6.69. The molecule has 0 amide bonds. The Morgan fingerprint density at radius 3 is 2.40 bits per heavy atom. The first-order chi connectivity index (χ1) is 9.33. The zero-order chi connectivity index (χ0) is 15.8. The number of hydrogen-bond acceptors (Lipinski definition) is 3. The number of ether oxygens (including phenoxy) is 1. The van der Waals surface area contributed by atoms with E-state index in [2.05, 4.69) is 6.58 Å². The van der Waals surface area contributed by atoms with Crippen molar-refractivity contribution in [3.63, 3.8) is 0 Å². The molecule has 0 radical (unpaired) electrons. The van der Waals surface area contributed by atoms with Crippen LogP contribution in [-0.4, -0.2) is 38.0 Å². The van der Waals surface area contributed by atoms with E-state index in [4.69, 9.17) is 4.74 Å². The minimum Gasteiger partial charge on any atom is -0.373 e. The van der Waals surface area contributed by atoms with E-state index in [1.54, 1.807) is 19.1 Å². The Labute approximate surface area is 123 Å². The third-order valence-electron chi connectivity index (χ3n) is 2.64. The van der Waals surface area contributed by atoms with Crippen molar-refractivity contribution in [2.45, 2.75) is 40.2 Å². The van der Waals surface area contributed by atoms with Crippen molar-refractivity contribution in [3.05, 3.63) is 35.8 Å². The van der Waals surface area contributed by atoms with E-state index in [1.807, 2.05) is 27.7 Å². The van der Waals surface area contributed by atoms with Gasteiger partial charge in [0.1, 0.15) is 0 Å². The molecule has 0 aliphatic carbocycles. The number of hydrogen-bond donors (Lipinski definition) is 0. The van der Waals surface area contributed by atoms with Gasteiger partial charge in [0.2, 0.25) is 10.0 Å². The maximum atomic E-state index is 12.5. The van der Waals surface area contributed by atoms with Crippen LogP contribution in [0.4, 0.5) is 0 Å². The molecule has 0 unspecified atom stereocenters. The first kappa shape index (κ1) is 19.1. The predicted molar refractivity (Wildman–Crippen MR) is 85.0 cm³/mol. The summed E-state index contributed by atoms with van der Waals surface area (Å²) in [6.45, 7) is 14.3. The molecule has 1 saturated heterocycles. The molecule has 0 aromatic carbocycles. The second-order valence-electron chi connectivity index (χ2n) is 4.75. The van der Waals surface area contributed by atoms with Crippen LogP contribution in [0.5, 0.6) is 0 Å². The van der Waals surface area contributed by atoms with E-state index in [-0.39, 0.29) is 4.91 Å². The molecule has 0 atom stereocenters. The largest absolute Gasteiger partial charge is 0.373 e. The van der Waals surface area contributed by atoms with Gasteiger partial charge >= 0.3 is 0 Å². The summed E-state index contributed by atoms with van der Waals surface area (Å²) < 4.78 is 31.9. The van der Waals surface area contributed by atoms with Gasteiger partial charge in [-0.1, -0.05) is 32.6 Å². The minimum absolute atomic E-state index is 0.262. The third kappa shape index (κ3) is 5.23. The van der Waals surface area contributed by atoms with E-state index in [1.165, 1.54) is 16.5 Å². The summed E-state index contributed by atoms with van der Waals surface area (Å²) in [4.78, 5) is 0.262. The quantitative estimate of drug-likeness (QED) is 0.750. The fraction of sp³-hybridized carbons (Fsp3) is 0.600. The summed E-state index contributed by atoms with van der Waals surface area (Å²) in [5.74, 6) is 0. The minimum atomic E-state index is -3.46. The number of sulfonamides is 1. The van der Waals surface area contributed by atoms with Crippen molar-refractivity contribution in [3.8, 4) is 0 Å². The van der Waals surface area contributed by atoms with E-state index in [0.717, 1.165) is 0 Å². The Balaban J connectivity index is 0.00000172. The maximum Gasteiger partial charge on any atom is 0.243 e. The van der Waals surface area contributed by atoms with Gasteiger partial charge in [0, 0.05) is 13.1 Å². The SMILES string of the molecule is C=C/C=C(\C=C/C)S(=O)(=O)N1CCOC(C)(C)C1.CC. The first-order valence-corrected chi connectivity index (χ1v) is 8.37. The average molecular weight is 301 g/mol. The van der Waals surface area contributed by atoms with E-state index >= 15 is 0 Å². The molecule has 0 aromatic rings. The Kier molecular flexibility index (Phi) is 8.01. The fourth-order valence-electron chi connectivity index (χ4n) is 1.84. The Morgan fingerprint density at radius 1 is 1.35 bits per heavy atom. The highest BCUT2D eigenvalue weighted by atomic mass is 32.2. The Morgan fingerprint density at radius 2 is 1.95 bits per heavy atom. The summed E-state index contributed by atoms with van der Waals surface area (Å²) >= 11 is 0. The summed E-state index contributed by atoms with van der Waals surface area (Å²) in [7, 11) is -3.46. The van der Waals surface area contributed by atoms with Crippen molar-refractivity contribution in [1.29, 1.82) is 0 Å². The summed E-state index contributed by atoms with van der Waals surface area (Å²) in [5, 5.41) is 0.